The maximum atomic E-state index is 12.3. The van der Waals surface area contributed by atoms with Crippen molar-refractivity contribution in [3.05, 3.63) is 119 Å². The van der Waals surface area contributed by atoms with Crippen molar-refractivity contribution in [1.29, 1.82) is 0 Å². The third-order valence-corrected chi connectivity index (χ3v) is 9.55. The molecule has 0 aliphatic carbocycles. The highest BCUT2D eigenvalue weighted by Gasteiger charge is 2.09. The van der Waals surface area contributed by atoms with Gasteiger partial charge in [0, 0.05) is 22.7 Å². The topological polar surface area (TPSA) is 153 Å². The van der Waals surface area contributed by atoms with Crippen LogP contribution in [0.2, 0.25) is 0 Å². The van der Waals surface area contributed by atoms with Crippen LogP contribution in [0, 0.1) is 5.92 Å². The predicted molar refractivity (Wildman–Crippen MR) is 224 cm³/mol. The fourth-order valence-corrected chi connectivity index (χ4v) is 6.25. The van der Waals surface area contributed by atoms with Crippen LogP contribution in [-0.4, -0.2) is 51.8 Å². The lowest BCUT2D eigenvalue weighted by molar-refractivity contribution is 0.158. The molecule has 0 saturated carbocycles. The summed E-state index contributed by atoms with van der Waals surface area (Å²) >= 11 is 0. The minimum Gasteiger partial charge on any atom is -0.453 e. The SMILES string of the molecule is CCC(CCCCCOC(=O)Nc1ccc(Cc2ccc(NC(=O)OC)cc2)cc1)CCCCCOC(=O)Nc1ccc(Cc2ccc(NC(=O)OC)cc2)cc1. The predicted octanol–water partition coefficient (Wildman–Crippen LogP) is 11.2. The van der Waals surface area contributed by atoms with Crippen LogP contribution in [0.4, 0.5) is 41.9 Å². The van der Waals surface area contributed by atoms with E-state index in [0.29, 0.717) is 41.9 Å². The molecule has 0 aliphatic rings. The molecule has 4 N–H and O–H groups in total. The van der Waals surface area contributed by atoms with E-state index in [0.717, 1.165) is 92.9 Å². The maximum absolute atomic E-state index is 12.3. The van der Waals surface area contributed by atoms with Crippen molar-refractivity contribution in [1.82, 2.24) is 0 Å². The van der Waals surface area contributed by atoms with Crippen LogP contribution in [0.3, 0.4) is 0 Å². The Bertz CT molecular complexity index is 1680. The Morgan fingerprint density at radius 2 is 0.737 bits per heavy atom. The van der Waals surface area contributed by atoms with Crippen molar-refractivity contribution in [2.75, 3.05) is 48.7 Å². The first-order valence-corrected chi connectivity index (χ1v) is 19.7. The monoisotopic (exact) mass is 780 g/mol. The molecule has 4 aromatic carbocycles. The second-order valence-electron chi connectivity index (χ2n) is 13.9. The molecule has 4 aromatic rings. The van der Waals surface area contributed by atoms with Gasteiger partial charge in [-0.05, 0) is 102 Å². The lowest BCUT2D eigenvalue weighted by atomic mass is 9.93. The molecule has 0 bridgehead atoms. The minimum atomic E-state index is -0.506. The van der Waals surface area contributed by atoms with E-state index >= 15 is 0 Å². The Labute approximate surface area is 336 Å². The highest BCUT2D eigenvalue weighted by atomic mass is 16.6. The molecule has 0 atom stereocenters. The molecule has 0 fully saturated rings. The van der Waals surface area contributed by atoms with Crippen LogP contribution in [0.5, 0.6) is 0 Å². The lowest BCUT2D eigenvalue weighted by Gasteiger charge is -2.14. The molecular weight excluding hydrogens is 725 g/mol. The fourth-order valence-electron chi connectivity index (χ4n) is 6.25. The Balaban J connectivity index is 0.987. The van der Waals surface area contributed by atoms with Crippen LogP contribution in [0.1, 0.15) is 87.0 Å². The summed E-state index contributed by atoms with van der Waals surface area (Å²) in [6.07, 6.45) is 8.84. The number of nitrogens with one attached hydrogen (secondary N) is 4. The van der Waals surface area contributed by atoms with Crippen LogP contribution >= 0.6 is 0 Å². The van der Waals surface area contributed by atoms with E-state index in [1.54, 1.807) is 0 Å². The van der Waals surface area contributed by atoms with Crippen LogP contribution < -0.4 is 21.3 Å². The van der Waals surface area contributed by atoms with Gasteiger partial charge in [0.15, 0.2) is 0 Å². The number of rotatable bonds is 21. The zero-order chi connectivity index (χ0) is 40.7. The van der Waals surface area contributed by atoms with Gasteiger partial charge in [0.1, 0.15) is 0 Å². The first-order valence-electron chi connectivity index (χ1n) is 19.7. The average molecular weight is 781 g/mol. The largest absolute Gasteiger partial charge is 0.453 e. The molecule has 0 spiro atoms. The van der Waals surface area contributed by atoms with Gasteiger partial charge in [-0.2, -0.15) is 0 Å². The number of methoxy groups -OCH3 is 2. The summed E-state index contributed by atoms with van der Waals surface area (Å²) in [5.74, 6) is 0.662. The van der Waals surface area contributed by atoms with Crippen molar-refractivity contribution in [2.24, 2.45) is 5.92 Å². The smallest absolute Gasteiger partial charge is 0.411 e. The molecular formula is C45H56N4O8. The quantitative estimate of drug-likeness (QED) is 0.0481. The third kappa shape index (κ3) is 17.1. The summed E-state index contributed by atoms with van der Waals surface area (Å²) in [6, 6.07) is 30.4. The summed E-state index contributed by atoms with van der Waals surface area (Å²) in [4.78, 5) is 47.3. The Morgan fingerprint density at radius 1 is 0.439 bits per heavy atom. The summed E-state index contributed by atoms with van der Waals surface area (Å²) in [5.41, 5.74) is 7.06. The van der Waals surface area contributed by atoms with Gasteiger partial charge in [-0.25, -0.2) is 19.2 Å². The average Bonchev–Trinajstić information content (AvgIpc) is 3.22. The highest BCUT2D eigenvalue weighted by molar-refractivity contribution is 5.86. The van der Waals surface area contributed by atoms with Gasteiger partial charge >= 0.3 is 24.4 Å². The molecule has 4 amide bonds. The molecule has 12 heteroatoms. The minimum absolute atomic E-state index is 0.384. The van der Waals surface area contributed by atoms with Gasteiger partial charge in [-0.15, -0.1) is 0 Å². The van der Waals surface area contributed by atoms with E-state index in [4.69, 9.17) is 9.47 Å². The van der Waals surface area contributed by atoms with Gasteiger partial charge < -0.3 is 18.9 Å². The molecule has 57 heavy (non-hydrogen) atoms. The van der Waals surface area contributed by atoms with E-state index in [-0.39, 0.29) is 0 Å². The second kappa shape index (κ2) is 24.5. The van der Waals surface area contributed by atoms with E-state index < -0.39 is 24.4 Å². The van der Waals surface area contributed by atoms with Crippen LogP contribution in [0.25, 0.3) is 0 Å². The molecule has 0 radical (unpaired) electrons. The van der Waals surface area contributed by atoms with E-state index in [1.165, 1.54) is 14.2 Å². The zero-order valence-corrected chi connectivity index (χ0v) is 33.3. The molecule has 0 saturated heterocycles. The first kappa shape index (κ1) is 43.7. The van der Waals surface area contributed by atoms with Crippen molar-refractivity contribution >= 4 is 47.1 Å². The molecule has 12 nitrogen and oxygen atoms in total. The summed E-state index contributed by atoms with van der Waals surface area (Å²) in [6.45, 7) is 3.00. The molecule has 4 rings (SSSR count). The highest BCUT2D eigenvalue weighted by Crippen LogP contribution is 2.22. The summed E-state index contributed by atoms with van der Waals surface area (Å²) < 4.78 is 20.0. The van der Waals surface area contributed by atoms with Crippen LogP contribution in [-0.2, 0) is 31.8 Å². The molecule has 0 unspecified atom stereocenters. The number of carbonyl (C=O) groups excluding carboxylic acids is 4. The van der Waals surface area contributed by atoms with Gasteiger partial charge in [0.25, 0.3) is 0 Å². The standard InChI is InChI=1S/C45H56N4O8/c1-4-33(11-7-5-9-29-56-44(52)48-40-25-17-36(18-26-40)31-34-13-21-38(22-14-34)46-42(50)54-2)12-8-6-10-30-57-45(53)49-41-27-19-37(20-28-41)32-35-15-23-39(24-16-35)47-43(51)55-3/h13-28,33H,4-12,29-32H2,1-3H3,(H,46,50)(H,47,51)(H,48,52)(H,49,53). The van der Waals surface area contributed by atoms with Gasteiger partial charge in [0.05, 0.1) is 27.4 Å². The number of anilines is 4. The number of ether oxygens (including phenoxy) is 4. The lowest BCUT2D eigenvalue weighted by Crippen LogP contribution is -2.14. The third-order valence-electron chi connectivity index (χ3n) is 9.55. The molecule has 0 aliphatic heterocycles. The van der Waals surface area contributed by atoms with E-state index in [1.807, 2.05) is 97.1 Å². The van der Waals surface area contributed by atoms with Gasteiger partial charge in [-0.3, -0.25) is 21.3 Å². The van der Waals surface area contributed by atoms with Gasteiger partial charge in [0.2, 0.25) is 0 Å². The van der Waals surface area contributed by atoms with Crippen molar-refractivity contribution < 1.29 is 38.1 Å². The molecule has 0 aromatic heterocycles. The number of hydrogen-bond donors (Lipinski definition) is 4. The molecule has 0 heterocycles. The summed E-state index contributed by atoms with van der Waals surface area (Å²) in [5, 5.41) is 10.9. The van der Waals surface area contributed by atoms with E-state index in [2.05, 4.69) is 37.7 Å². The van der Waals surface area contributed by atoms with Crippen molar-refractivity contribution in [2.45, 2.75) is 77.6 Å². The maximum Gasteiger partial charge on any atom is 0.411 e. The Hall–Kier alpha value is -6.04. The first-order chi connectivity index (χ1) is 27.7. The normalized spacial score (nSPS) is 10.7. The Kier molecular flexibility index (Phi) is 18.8. The van der Waals surface area contributed by atoms with Crippen molar-refractivity contribution in [3.8, 4) is 0 Å². The zero-order valence-electron chi connectivity index (χ0n) is 33.3. The number of unbranched alkanes of at least 4 members (excludes halogenated alkanes) is 4. The van der Waals surface area contributed by atoms with Crippen LogP contribution in [0.15, 0.2) is 97.1 Å². The number of amides is 4. The van der Waals surface area contributed by atoms with E-state index in [9.17, 15) is 19.2 Å². The number of hydrogen-bond acceptors (Lipinski definition) is 8. The van der Waals surface area contributed by atoms with Crippen molar-refractivity contribution in [3.63, 3.8) is 0 Å². The molecule has 304 valence electrons. The fraction of sp³-hybridized carbons (Fsp3) is 0.378. The van der Waals surface area contributed by atoms with Gasteiger partial charge in [-0.1, -0.05) is 100 Å². The Morgan fingerprint density at radius 3 is 1.02 bits per heavy atom. The summed E-state index contributed by atoms with van der Waals surface area (Å²) in [7, 11) is 2.65. The number of benzene rings is 4. The number of carbonyl (C=O) groups is 4. The second-order valence-corrected chi connectivity index (χ2v) is 13.9.